The molecule has 2 aromatic rings. The molecule has 2 aliphatic rings. The Morgan fingerprint density at radius 1 is 1.00 bits per heavy atom. The average molecular weight is 541 g/mol. The van der Waals surface area contributed by atoms with Gasteiger partial charge in [0.15, 0.2) is 12.1 Å². The van der Waals surface area contributed by atoms with Crippen LogP contribution in [0.3, 0.4) is 0 Å². The summed E-state index contributed by atoms with van der Waals surface area (Å²) in [6.45, 7) is 8.10. The zero-order valence-electron chi connectivity index (χ0n) is 23.5. The van der Waals surface area contributed by atoms with Gasteiger partial charge < -0.3 is 24.9 Å². The minimum atomic E-state index is -0.322. The van der Waals surface area contributed by atoms with Gasteiger partial charge in [-0.05, 0) is 51.5 Å². The Bertz CT molecular complexity index is 1230. The highest BCUT2D eigenvalue weighted by molar-refractivity contribution is 7.11. The molecule has 4 rings (SSSR count). The smallest absolute Gasteiger partial charge is 0.205 e. The van der Waals surface area contributed by atoms with Gasteiger partial charge >= 0.3 is 0 Å². The summed E-state index contributed by atoms with van der Waals surface area (Å²) in [5.74, 6) is 4.68. The minimum Gasteiger partial charge on any atom is -0.466 e. The predicted octanol–water partition coefficient (Wildman–Crippen LogP) is 2.14. The van der Waals surface area contributed by atoms with E-state index in [4.69, 9.17) is 25.1 Å². The van der Waals surface area contributed by atoms with Gasteiger partial charge in [0, 0.05) is 57.5 Å². The van der Waals surface area contributed by atoms with Gasteiger partial charge in [0.05, 0.1) is 6.54 Å². The lowest BCUT2D eigenvalue weighted by molar-refractivity contribution is 0.352. The van der Waals surface area contributed by atoms with Crippen LogP contribution in [0.25, 0.3) is 0 Å². The van der Waals surface area contributed by atoms with E-state index in [9.17, 15) is 0 Å². The lowest BCUT2D eigenvalue weighted by atomic mass is 10.3. The highest BCUT2D eigenvalue weighted by Gasteiger charge is 2.29. The van der Waals surface area contributed by atoms with E-state index in [1.807, 2.05) is 68.3 Å². The average Bonchev–Trinajstić information content (AvgIpc) is 3.47. The minimum absolute atomic E-state index is 0.244. The van der Waals surface area contributed by atoms with Gasteiger partial charge in [-0.3, -0.25) is 10.2 Å². The summed E-state index contributed by atoms with van der Waals surface area (Å²) in [6.07, 6.45) is 1.11. The first kappa shape index (κ1) is 27.5. The quantitative estimate of drug-likeness (QED) is 0.527. The maximum absolute atomic E-state index is 6.07. The topological polar surface area (TPSA) is 114 Å². The highest BCUT2D eigenvalue weighted by Crippen LogP contribution is 2.18. The van der Waals surface area contributed by atoms with Crippen LogP contribution in [0.1, 0.15) is 28.2 Å². The molecule has 0 aliphatic carbocycles. The van der Waals surface area contributed by atoms with Gasteiger partial charge in [-0.2, -0.15) is 0 Å². The molecule has 0 saturated carbocycles. The van der Waals surface area contributed by atoms with Crippen molar-refractivity contribution in [1.29, 1.82) is 0 Å². The molecule has 11 nitrogen and oxygen atoms in total. The van der Waals surface area contributed by atoms with E-state index < -0.39 is 0 Å². The van der Waals surface area contributed by atoms with Crippen LogP contribution in [0.15, 0.2) is 48.7 Å². The fourth-order valence-electron chi connectivity index (χ4n) is 4.50. The summed E-state index contributed by atoms with van der Waals surface area (Å²) >= 11 is 1.82. The molecule has 0 bridgehead atoms. The first-order chi connectivity index (χ1) is 18.1. The van der Waals surface area contributed by atoms with Crippen LogP contribution >= 0.6 is 11.3 Å². The molecule has 0 spiro atoms. The van der Waals surface area contributed by atoms with Gasteiger partial charge in [0.1, 0.15) is 17.7 Å². The molecule has 2 aromatic heterocycles. The largest absolute Gasteiger partial charge is 0.466 e. The molecule has 2 unspecified atom stereocenters. The second kappa shape index (κ2) is 11.9. The van der Waals surface area contributed by atoms with Crippen LogP contribution in [0.5, 0.6) is 0 Å². The molecule has 0 saturated heterocycles. The van der Waals surface area contributed by atoms with E-state index >= 15 is 0 Å². The van der Waals surface area contributed by atoms with Crippen molar-refractivity contribution in [3.63, 3.8) is 0 Å². The maximum atomic E-state index is 6.07. The number of furan rings is 1. The van der Waals surface area contributed by atoms with Gasteiger partial charge in [-0.25, -0.2) is 20.0 Å². The molecule has 0 fully saturated rings. The lowest BCUT2D eigenvalue weighted by Gasteiger charge is -2.38. The number of hydrogen-bond donors (Lipinski definition) is 2. The van der Waals surface area contributed by atoms with E-state index in [-0.39, 0.29) is 12.3 Å². The summed E-state index contributed by atoms with van der Waals surface area (Å²) < 4.78 is 5.77. The molecule has 206 valence electrons. The van der Waals surface area contributed by atoms with Crippen molar-refractivity contribution in [2.75, 3.05) is 47.8 Å². The number of nitrogens with zero attached hydrogens (tertiary/aromatic N) is 8. The third kappa shape index (κ3) is 6.85. The Balaban J connectivity index is 1.55. The van der Waals surface area contributed by atoms with E-state index in [1.54, 1.807) is 0 Å². The van der Waals surface area contributed by atoms with Gasteiger partial charge in [0.2, 0.25) is 17.9 Å². The fourth-order valence-corrected chi connectivity index (χ4v) is 5.38. The molecule has 0 aromatic carbocycles. The van der Waals surface area contributed by atoms with Crippen molar-refractivity contribution < 1.29 is 4.42 Å². The number of nitrogens with two attached hydrogens (primary N) is 1. The first-order valence-electron chi connectivity index (χ1n) is 12.9. The van der Waals surface area contributed by atoms with E-state index in [0.717, 1.165) is 49.4 Å². The number of hydrogen-bond acceptors (Lipinski definition) is 12. The summed E-state index contributed by atoms with van der Waals surface area (Å²) in [4.78, 5) is 30.2. The molecule has 4 heterocycles. The van der Waals surface area contributed by atoms with Crippen molar-refractivity contribution in [2.24, 2.45) is 25.7 Å². The number of aliphatic imine (C=N–C) groups is 4. The molecule has 2 atom stereocenters. The molecular weight excluding hydrogens is 500 g/mol. The maximum Gasteiger partial charge on any atom is 0.205 e. The normalized spacial score (nSPS) is 19.3. The van der Waals surface area contributed by atoms with Crippen molar-refractivity contribution in [2.45, 2.75) is 45.9 Å². The zero-order chi connectivity index (χ0) is 27.4. The van der Waals surface area contributed by atoms with Crippen LogP contribution in [0.2, 0.25) is 0 Å². The molecule has 0 amide bonds. The molecule has 2 aliphatic heterocycles. The Kier molecular flexibility index (Phi) is 8.60. The van der Waals surface area contributed by atoms with Crippen LogP contribution in [0, 0.1) is 13.8 Å². The standard InChI is InChI=1S/C26H40N10OS/c1-17-8-10-20(37-17)12-14-34(6)26-31-22(30-25(33(4)5)35(26)7)16-36(15-13-21-11-9-18(2)38-21)24-29-19(3)28-23(27)32-24/h8-11,19,22H,12-16H2,1-7H3,(H3,27,28,29,32). The van der Waals surface area contributed by atoms with Crippen LogP contribution in [-0.2, 0) is 12.8 Å². The molecule has 3 N–H and O–H groups in total. The van der Waals surface area contributed by atoms with Gasteiger partial charge in [-0.15, -0.1) is 11.3 Å². The molecule has 12 heteroatoms. The predicted molar refractivity (Wildman–Crippen MR) is 156 cm³/mol. The summed E-state index contributed by atoms with van der Waals surface area (Å²) in [6, 6.07) is 8.38. The SMILES string of the molecule is Cc1ccc(CCN(C)C2=NC(CN(CCc3ccc(C)s3)C3=NC(C)N=C(N)N3)N=C(N(C)C)N2C)o1. The van der Waals surface area contributed by atoms with Crippen molar-refractivity contribution in [3.05, 3.63) is 45.5 Å². The highest BCUT2D eigenvalue weighted by atomic mass is 32.1. The molecule has 38 heavy (non-hydrogen) atoms. The van der Waals surface area contributed by atoms with E-state index in [1.165, 1.54) is 9.75 Å². The van der Waals surface area contributed by atoms with Crippen LogP contribution in [-0.4, -0.2) is 104 Å². The summed E-state index contributed by atoms with van der Waals surface area (Å²) in [5, 5.41) is 3.16. The number of aryl methyl sites for hydroxylation is 2. The zero-order valence-corrected chi connectivity index (χ0v) is 24.3. The number of rotatable bonds is 8. The van der Waals surface area contributed by atoms with E-state index in [0.29, 0.717) is 18.5 Å². The Hall–Kier alpha value is -3.54. The summed E-state index contributed by atoms with van der Waals surface area (Å²) in [5.41, 5.74) is 6.07. The van der Waals surface area contributed by atoms with Crippen molar-refractivity contribution in [3.8, 4) is 0 Å². The van der Waals surface area contributed by atoms with Gasteiger partial charge in [-0.1, -0.05) is 0 Å². The molecular formula is C26H40N10OS. The number of nitrogens with one attached hydrogen (secondary N) is 1. The molecule has 0 radical (unpaired) electrons. The van der Waals surface area contributed by atoms with E-state index in [2.05, 4.69) is 46.2 Å². The number of thiophene rings is 1. The van der Waals surface area contributed by atoms with Crippen LogP contribution < -0.4 is 11.1 Å². The second-order valence-electron chi connectivity index (χ2n) is 9.91. The first-order valence-corrected chi connectivity index (χ1v) is 13.7. The third-order valence-corrected chi connectivity index (χ3v) is 7.40. The van der Waals surface area contributed by atoms with Crippen molar-refractivity contribution >= 4 is 35.2 Å². The third-order valence-electron chi connectivity index (χ3n) is 6.34. The number of guanidine groups is 4. The van der Waals surface area contributed by atoms with Crippen molar-refractivity contribution in [1.82, 2.24) is 24.9 Å². The summed E-state index contributed by atoms with van der Waals surface area (Å²) in [7, 11) is 8.07. The monoisotopic (exact) mass is 540 g/mol. The number of likely N-dealkylation sites (N-methyl/N-ethyl adjacent to an activating group) is 1. The fraction of sp³-hybridized carbons (Fsp3) is 0.538. The Morgan fingerprint density at radius 2 is 1.76 bits per heavy atom. The van der Waals surface area contributed by atoms with Crippen LogP contribution in [0.4, 0.5) is 0 Å². The lowest BCUT2D eigenvalue weighted by Crippen LogP contribution is -2.55. The second-order valence-corrected chi connectivity index (χ2v) is 11.3. The van der Waals surface area contributed by atoms with Gasteiger partial charge in [0.25, 0.3) is 0 Å². The Labute approximate surface area is 229 Å². The Morgan fingerprint density at radius 3 is 2.39 bits per heavy atom.